The van der Waals surface area contributed by atoms with Gasteiger partial charge in [0, 0.05) is 18.0 Å². The summed E-state index contributed by atoms with van der Waals surface area (Å²) in [7, 11) is 0. The van der Waals surface area contributed by atoms with Gasteiger partial charge >= 0.3 is 0 Å². The van der Waals surface area contributed by atoms with E-state index in [-0.39, 0.29) is 18.2 Å². The van der Waals surface area contributed by atoms with E-state index >= 15 is 0 Å². The van der Waals surface area contributed by atoms with E-state index < -0.39 is 23.0 Å². The van der Waals surface area contributed by atoms with Crippen LogP contribution < -0.4 is 15.8 Å². The third-order valence-corrected chi connectivity index (χ3v) is 7.08. The van der Waals surface area contributed by atoms with Gasteiger partial charge in [-0.1, -0.05) is 6.07 Å². The lowest BCUT2D eigenvalue weighted by Gasteiger charge is -2.55. The molecule has 4 atom stereocenters. The monoisotopic (exact) mass is 356 g/mol. The largest absolute Gasteiger partial charge is 0.480 e. The molecule has 0 aromatic heterocycles. The molecule has 6 nitrogen and oxygen atoms in total. The minimum Gasteiger partial charge on any atom is -0.480 e. The van der Waals surface area contributed by atoms with Crippen LogP contribution in [0, 0.1) is 5.92 Å². The lowest BCUT2D eigenvalue weighted by atomic mass is 9.53. The van der Waals surface area contributed by atoms with E-state index in [4.69, 9.17) is 10.5 Å². The normalized spacial score (nSPS) is 37.2. The van der Waals surface area contributed by atoms with E-state index in [0.717, 1.165) is 17.7 Å². The van der Waals surface area contributed by atoms with E-state index in [1.165, 1.54) is 12.8 Å². The quantitative estimate of drug-likeness (QED) is 0.741. The molecule has 1 amide bonds. The second kappa shape index (κ2) is 5.08. The summed E-state index contributed by atoms with van der Waals surface area (Å²) in [6, 6.07) is 3.45. The van der Waals surface area contributed by atoms with Gasteiger partial charge in [0.2, 0.25) is 0 Å². The van der Waals surface area contributed by atoms with Crippen molar-refractivity contribution in [2.75, 3.05) is 6.54 Å². The van der Waals surface area contributed by atoms with E-state index in [9.17, 15) is 14.7 Å². The third-order valence-electron chi connectivity index (χ3n) is 7.08. The number of carbonyl (C=O) groups is 2. The number of hydrogen-bond donors (Lipinski definition) is 3. The van der Waals surface area contributed by atoms with Crippen LogP contribution >= 0.6 is 0 Å². The van der Waals surface area contributed by atoms with Crippen molar-refractivity contribution in [1.29, 1.82) is 0 Å². The number of primary amides is 1. The Bertz CT molecular complexity index is 833. The predicted octanol–water partition coefficient (Wildman–Crippen LogP) is 0.822. The fraction of sp³-hybridized carbons (Fsp3) is 0.600. The average Bonchev–Trinajstić information content (AvgIpc) is 3.36. The Balaban J connectivity index is 1.68. The molecule has 4 N–H and O–H groups in total. The van der Waals surface area contributed by atoms with Crippen molar-refractivity contribution >= 4 is 11.7 Å². The van der Waals surface area contributed by atoms with Crippen molar-refractivity contribution < 1.29 is 19.4 Å². The Morgan fingerprint density at radius 2 is 2.19 bits per heavy atom. The lowest BCUT2D eigenvalue weighted by Crippen LogP contribution is -2.71. The molecule has 1 aromatic rings. The maximum Gasteiger partial charge on any atom is 0.252 e. The Labute approximate surface area is 152 Å². The number of amides is 1. The fourth-order valence-corrected chi connectivity index (χ4v) is 5.38. The molecule has 1 aliphatic heterocycles. The summed E-state index contributed by atoms with van der Waals surface area (Å²) < 4.78 is 6.02. The molecule has 3 unspecified atom stereocenters. The summed E-state index contributed by atoms with van der Waals surface area (Å²) in [4.78, 5) is 24.5. The molecule has 26 heavy (non-hydrogen) atoms. The van der Waals surface area contributed by atoms with E-state index in [0.29, 0.717) is 30.1 Å². The molecule has 138 valence electrons. The molecular weight excluding hydrogens is 332 g/mol. The second-order valence-corrected chi connectivity index (χ2v) is 8.54. The number of nitrogens with one attached hydrogen (secondary N) is 1. The molecule has 2 saturated carbocycles. The first-order valence-corrected chi connectivity index (χ1v) is 9.47. The smallest absolute Gasteiger partial charge is 0.252 e. The highest BCUT2D eigenvalue weighted by atomic mass is 16.5. The van der Waals surface area contributed by atoms with Gasteiger partial charge < -0.3 is 20.9 Å². The first-order chi connectivity index (χ1) is 12.4. The van der Waals surface area contributed by atoms with Gasteiger partial charge in [-0.3, -0.25) is 9.59 Å². The Morgan fingerprint density at radius 1 is 1.42 bits per heavy atom. The van der Waals surface area contributed by atoms with Gasteiger partial charge in [-0.25, -0.2) is 0 Å². The molecule has 1 aromatic carbocycles. The molecule has 0 spiro atoms. The zero-order valence-corrected chi connectivity index (χ0v) is 14.9. The molecule has 0 radical (unpaired) electrons. The maximum absolute atomic E-state index is 12.7. The molecule has 1 heterocycles. The molecule has 5 rings (SSSR count). The number of ether oxygens (including phenoxy) is 1. The average molecular weight is 356 g/mol. The van der Waals surface area contributed by atoms with Crippen LogP contribution in [-0.2, 0) is 16.6 Å². The minimum absolute atomic E-state index is 0.0161. The minimum atomic E-state index is -1.09. The summed E-state index contributed by atoms with van der Waals surface area (Å²) in [5, 5.41) is 15.4. The van der Waals surface area contributed by atoms with E-state index in [1.54, 1.807) is 6.07 Å². The van der Waals surface area contributed by atoms with Crippen molar-refractivity contribution in [3.63, 3.8) is 0 Å². The van der Waals surface area contributed by atoms with Crippen molar-refractivity contribution in [1.82, 2.24) is 5.32 Å². The Hall–Kier alpha value is -1.92. The van der Waals surface area contributed by atoms with Gasteiger partial charge in [-0.05, 0) is 56.7 Å². The second-order valence-electron chi connectivity index (χ2n) is 8.54. The summed E-state index contributed by atoms with van der Waals surface area (Å²) in [6.45, 7) is 2.81. The number of benzene rings is 1. The van der Waals surface area contributed by atoms with Gasteiger partial charge in [0.15, 0.2) is 11.9 Å². The summed E-state index contributed by atoms with van der Waals surface area (Å²) in [5.74, 6) is 0.505. The zero-order valence-electron chi connectivity index (χ0n) is 14.9. The van der Waals surface area contributed by atoms with Crippen LogP contribution in [-0.4, -0.2) is 41.1 Å². The van der Waals surface area contributed by atoms with Crippen LogP contribution in [0.25, 0.3) is 0 Å². The number of nitrogens with two attached hydrogens (primary N) is 1. The number of rotatable bonds is 4. The van der Waals surface area contributed by atoms with Gasteiger partial charge in [-0.15, -0.1) is 0 Å². The first-order valence-electron chi connectivity index (χ1n) is 9.47. The third kappa shape index (κ3) is 1.89. The summed E-state index contributed by atoms with van der Waals surface area (Å²) >= 11 is 0. The predicted molar refractivity (Wildman–Crippen MR) is 94.1 cm³/mol. The van der Waals surface area contributed by atoms with Gasteiger partial charge in [-0.2, -0.15) is 0 Å². The lowest BCUT2D eigenvalue weighted by molar-refractivity contribution is -0.155. The zero-order chi connectivity index (χ0) is 18.3. The summed E-state index contributed by atoms with van der Waals surface area (Å²) in [5.41, 5.74) is 5.70. The van der Waals surface area contributed by atoms with Crippen LogP contribution in [0.5, 0.6) is 5.75 Å². The topological polar surface area (TPSA) is 102 Å². The molecular formula is C20H24N2O4. The van der Waals surface area contributed by atoms with Crippen molar-refractivity contribution in [2.45, 2.75) is 62.2 Å². The summed E-state index contributed by atoms with van der Waals surface area (Å²) in [6.07, 6.45) is 3.06. The van der Waals surface area contributed by atoms with Crippen molar-refractivity contribution in [3.8, 4) is 5.75 Å². The fourth-order valence-electron chi connectivity index (χ4n) is 5.38. The van der Waals surface area contributed by atoms with Crippen molar-refractivity contribution in [2.24, 2.45) is 11.7 Å². The molecule has 0 bridgehead atoms. The molecule has 4 aliphatic rings. The van der Waals surface area contributed by atoms with Crippen LogP contribution in [0.2, 0.25) is 0 Å². The number of ketones is 1. The molecule has 0 saturated heterocycles. The van der Waals surface area contributed by atoms with Crippen LogP contribution in [0.15, 0.2) is 12.1 Å². The Kier molecular flexibility index (Phi) is 3.18. The van der Waals surface area contributed by atoms with Crippen molar-refractivity contribution in [3.05, 3.63) is 28.8 Å². The number of Topliss-reactive ketones (excluding diaryl/α,β-unsaturated/α-hetero) is 1. The molecule has 2 fully saturated rings. The van der Waals surface area contributed by atoms with E-state index in [2.05, 4.69) is 5.32 Å². The van der Waals surface area contributed by atoms with Crippen LogP contribution in [0.4, 0.5) is 0 Å². The highest BCUT2D eigenvalue weighted by molar-refractivity contribution is 5.98. The maximum atomic E-state index is 12.7. The van der Waals surface area contributed by atoms with Gasteiger partial charge in [0.05, 0.1) is 16.6 Å². The highest BCUT2D eigenvalue weighted by Crippen LogP contribution is 2.59. The van der Waals surface area contributed by atoms with Gasteiger partial charge in [0.25, 0.3) is 5.91 Å². The number of hydrogen-bond acceptors (Lipinski definition) is 5. The standard InChI is InChI=1S/C20H24N2O4/c1-19-15-11-4-5-12(18(21)24)16(15)26-17(19)13(23)6-7-20(19,25)14(8-11)22-9-10-2-3-10/h4-5,10,14,17,22,25H,2-3,6-9H2,1H3,(H2,21,24)/t14?,17-,19?,20?/m0/s1. The molecule has 6 heteroatoms. The molecule has 3 aliphatic carbocycles. The van der Waals surface area contributed by atoms with Gasteiger partial charge in [0.1, 0.15) is 5.75 Å². The first kappa shape index (κ1) is 16.3. The van der Waals surface area contributed by atoms with E-state index in [1.807, 2.05) is 13.0 Å². The number of carbonyl (C=O) groups excluding carboxylic acids is 2. The SMILES string of the molecule is CC12c3c4ccc(C(N)=O)c3O[C@H]1C(=O)CCC2(O)C(NCC1CC1)C4. The number of aliphatic hydroxyl groups is 1. The highest BCUT2D eigenvalue weighted by Gasteiger charge is 2.68. The Morgan fingerprint density at radius 3 is 2.88 bits per heavy atom. The van der Waals surface area contributed by atoms with Crippen LogP contribution in [0.1, 0.15) is 54.1 Å². The van der Waals surface area contributed by atoms with Crippen LogP contribution in [0.3, 0.4) is 0 Å².